The molecule has 4 N–H and O–H groups in total. The van der Waals surface area contributed by atoms with Crippen molar-refractivity contribution in [3.63, 3.8) is 0 Å². The minimum Gasteiger partial charge on any atom is -0.508 e. The lowest BCUT2D eigenvalue weighted by Gasteiger charge is -2.44. The number of hydrogen-bond acceptors (Lipinski definition) is 5. The maximum atomic E-state index is 12.4. The van der Waals surface area contributed by atoms with Crippen LogP contribution >= 0.6 is 0 Å². The summed E-state index contributed by atoms with van der Waals surface area (Å²) in [6, 6.07) is 7.07. The van der Waals surface area contributed by atoms with E-state index in [1.807, 2.05) is 26.2 Å². The Morgan fingerprint density at radius 3 is 2.22 bits per heavy atom. The molecule has 1 unspecified atom stereocenters. The highest BCUT2D eigenvalue weighted by atomic mass is 16.6. The molecule has 2 rings (SSSR count). The van der Waals surface area contributed by atoms with E-state index in [0.29, 0.717) is 6.54 Å². The third-order valence-corrected chi connectivity index (χ3v) is 5.04. The van der Waals surface area contributed by atoms with Crippen LogP contribution in [0.3, 0.4) is 0 Å². The van der Waals surface area contributed by atoms with Gasteiger partial charge < -0.3 is 25.3 Å². The van der Waals surface area contributed by atoms with Crippen LogP contribution in [0.15, 0.2) is 24.3 Å². The average Bonchev–Trinajstić information content (AvgIpc) is 2.59. The zero-order valence-corrected chi connectivity index (χ0v) is 16.1. The Morgan fingerprint density at radius 2 is 1.70 bits per heavy atom. The van der Waals surface area contributed by atoms with E-state index in [1.165, 1.54) is 0 Å². The normalized spacial score (nSPS) is 17.0. The number of phenolic OH excluding ortho intramolecular Hbond substituents is 1. The zero-order valence-electron chi connectivity index (χ0n) is 16.1. The molecular weight excluding hydrogens is 350 g/mol. The lowest BCUT2D eigenvalue weighted by Crippen LogP contribution is -2.46. The summed E-state index contributed by atoms with van der Waals surface area (Å²) >= 11 is 0. The molecule has 7 nitrogen and oxygen atoms in total. The van der Waals surface area contributed by atoms with Crippen LogP contribution < -0.4 is 0 Å². The van der Waals surface area contributed by atoms with Gasteiger partial charge in [0.05, 0.1) is 12.8 Å². The van der Waals surface area contributed by atoms with Gasteiger partial charge in [-0.1, -0.05) is 18.6 Å². The van der Waals surface area contributed by atoms with E-state index >= 15 is 0 Å². The van der Waals surface area contributed by atoms with Gasteiger partial charge in [-0.3, -0.25) is 9.59 Å². The molecule has 27 heavy (non-hydrogen) atoms. The third kappa shape index (κ3) is 6.52. The van der Waals surface area contributed by atoms with Crippen LogP contribution in [0.1, 0.15) is 56.4 Å². The zero-order chi connectivity index (χ0) is 19.2. The Morgan fingerprint density at radius 1 is 1.11 bits per heavy atom. The van der Waals surface area contributed by atoms with Gasteiger partial charge in [-0.15, -0.1) is 0 Å². The van der Waals surface area contributed by atoms with Crippen molar-refractivity contribution in [1.29, 1.82) is 0 Å². The first-order chi connectivity index (χ1) is 12.3. The van der Waals surface area contributed by atoms with Gasteiger partial charge in [0, 0.05) is 12.5 Å². The Labute approximate surface area is 160 Å². The van der Waals surface area contributed by atoms with Gasteiger partial charge in [-0.25, -0.2) is 0 Å². The minimum atomic E-state index is -0.997. The van der Waals surface area contributed by atoms with E-state index < -0.39 is 17.5 Å². The third-order valence-electron chi connectivity index (χ3n) is 5.04. The second kappa shape index (κ2) is 10.3. The second-order valence-corrected chi connectivity index (χ2v) is 7.40. The number of aliphatic carboxylic acids is 1. The van der Waals surface area contributed by atoms with Crippen molar-refractivity contribution in [3.05, 3.63) is 29.8 Å². The summed E-state index contributed by atoms with van der Waals surface area (Å²) in [7, 11) is 3.96. The van der Waals surface area contributed by atoms with Gasteiger partial charge >= 0.3 is 11.9 Å². The monoisotopic (exact) mass is 381 g/mol. The number of rotatable bonds is 8. The van der Waals surface area contributed by atoms with Crippen LogP contribution in [0.5, 0.6) is 5.75 Å². The van der Waals surface area contributed by atoms with E-state index in [1.54, 1.807) is 12.1 Å². The lowest BCUT2D eigenvalue weighted by molar-refractivity contribution is -0.168. The Balaban J connectivity index is 0.00000364. The highest BCUT2D eigenvalue weighted by Crippen LogP contribution is 2.44. The topological polar surface area (TPSA) is 119 Å². The van der Waals surface area contributed by atoms with Gasteiger partial charge in [0.25, 0.3) is 0 Å². The van der Waals surface area contributed by atoms with Crippen molar-refractivity contribution in [2.24, 2.45) is 0 Å². The van der Waals surface area contributed by atoms with Crippen LogP contribution in [0, 0.1) is 0 Å². The molecule has 1 aromatic rings. The number of esters is 1. The molecule has 0 saturated heterocycles. The molecule has 0 heterocycles. The number of phenols is 1. The van der Waals surface area contributed by atoms with Gasteiger partial charge in [0.1, 0.15) is 11.4 Å². The minimum absolute atomic E-state index is 0. The molecule has 1 aliphatic rings. The molecule has 0 bridgehead atoms. The molecule has 1 aromatic carbocycles. The summed E-state index contributed by atoms with van der Waals surface area (Å²) in [5, 5.41) is 18.4. The number of nitrogens with zero attached hydrogens (tertiary/aromatic N) is 1. The van der Waals surface area contributed by atoms with Crippen molar-refractivity contribution >= 4 is 11.9 Å². The van der Waals surface area contributed by atoms with Crippen LogP contribution in [-0.2, 0) is 14.3 Å². The molecule has 7 heteroatoms. The van der Waals surface area contributed by atoms with E-state index in [-0.39, 0.29) is 30.0 Å². The maximum Gasteiger partial charge on any atom is 0.306 e. The van der Waals surface area contributed by atoms with Crippen molar-refractivity contribution in [3.8, 4) is 5.75 Å². The lowest BCUT2D eigenvalue weighted by atomic mass is 9.72. The van der Waals surface area contributed by atoms with Gasteiger partial charge in [-0.2, -0.15) is 0 Å². The summed E-state index contributed by atoms with van der Waals surface area (Å²) in [5.74, 6) is -1.28. The number of carboxylic acid groups (broad SMARTS) is 1. The molecular formula is C20H31NO6. The molecule has 0 aromatic heterocycles. The maximum absolute atomic E-state index is 12.4. The van der Waals surface area contributed by atoms with Crippen LogP contribution in [0.2, 0.25) is 0 Å². The average molecular weight is 381 g/mol. The molecule has 0 spiro atoms. The summed E-state index contributed by atoms with van der Waals surface area (Å²) < 4.78 is 5.99. The van der Waals surface area contributed by atoms with Gasteiger partial charge in [-0.05, 0) is 57.5 Å². The molecule has 0 aliphatic heterocycles. The van der Waals surface area contributed by atoms with Crippen molar-refractivity contribution in [2.75, 3.05) is 20.6 Å². The summed E-state index contributed by atoms with van der Waals surface area (Å²) in [6.45, 7) is 0.705. The molecule has 1 saturated carbocycles. The molecule has 0 radical (unpaired) electrons. The first-order valence-electron chi connectivity index (χ1n) is 9.20. The molecule has 152 valence electrons. The van der Waals surface area contributed by atoms with Crippen LogP contribution in [0.4, 0.5) is 0 Å². The highest BCUT2D eigenvalue weighted by molar-refractivity contribution is 5.76. The smallest absolute Gasteiger partial charge is 0.306 e. The van der Waals surface area contributed by atoms with E-state index in [2.05, 4.69) is 4.90 Å². The standard InChI is InChI=1S/C20H29NO5.H2O/c1-21(2)14-17(15-6-8-16(22)9-7-15)20(12-4-3-5-13-20)26-19(25)11-10-18(23)24;/h6-9,17,22H,3-5,10-14H2,1-2H3,(H,23,24);1H2. The number of carboxylic acids is 1. The largest absolute Gasteiger partial charge is 0.508 e. The first-order valence-corrected chi connectivity index (χ1v) is 9.20. The molecule has 1 aliphatic carbocycles. The molecule has 0 amide bonds. The van der Waals surface area contributed by atoms with E-state index in [4.69, 9.17) is 9.84 Å². The Kier molecular flexibility index (Phi) is 8.72. The Bertz CT molecular complexity index is 607. The quantitative estimate of drug-likeness (QED) is 0.667. The predicted molar refractivity (Wildman–Crippen MR) is 102 cm³/mol. The predicted octanol–water partition coefficient (Wildman–Crippen LogP) is 2.32. The number of hydrogen-bond donors (Lipinski definition) is 2. The van der Waals surface area contributed by atoms with Gasteiger partial charge in [0.15, 0.2) is 0 Å². The fraction of sp³-hybridized carbons (Fsp3) is 0.600. The van der Waals surface area contributed by atoms with Crippen LogP contribution in [0.25, 0.3) is 0 Å². The number of carbonyl (C=O) groups excluding carboxylic acids is 1. The Hall–Kier alpha value is -2.12. The fourth-order valence-corrected chi connectivity index (χ4v) is 3.81. The highest BCUT2D eigenvalue weighted by Gasteiger charge is 2.44. The SMILES string of the molecule is CN(C)CC(c1ccc(O)cc1)C1(OC(=O)CCC(=O)O)CCCCC1.O. The van der Waals surface area contributed by atoms with E-state index in [9.17, 15) is 14.7 Å². The first kappa shape index (κ1) is 22.9. The van der Waals surface area contributed by atoms with Crippen molar-refractivity contribution in [2.45, 2.75) is 56.5 Å². The molecule has 1 fully saturated rings. The van der Waals surface area contributed by atoms with Gasteiger partial charge in [0.2, 0.25) is 0 Å². The van der Waals surface area contributed by atoms with E-state index in [0.717, 1.165) is 37.7 Å². The van der Waals surface area contributed by atoms with Crippen molar-refractivity contribution in [1.82, 2.24) is 4.90 Å². The summed E-state index contributed by atoms with van der Waals surface area (Å²) in [5.41, 5.74) is 0.388. The fourth-order valence-electron chi connectivity index (χ4n) is 3.81. The number of aromatic hydroxyl groups is 1. The second-order valence-electron chi connectivity index (χ2n) is 7.40. The number of likely N-dealkylation sites (N-methyl/N-ethyl adjacent to an activating group) is 1. The molecule has 1 atom stereocenters. The summed E-state index contributed by atoms with van der Waals surface area (Å²) in [6.07, 6.45) is 4.28. The van der Waals surface area contributed by atoms with Crippen LogP contribution in [-0.4, -0.2) is 58.8 Å². The summed E-state index contributed by atoms with van der Waals surface area (Å²) in [4.78, 5) is 25.2. The number of ether oxygens (including phenoxy) is 1. The number of carbonyl (C=O) groups is 2. The van der Waals surface area contributed by atoms with Crippen molar-refractivity contribution < 1.29 is 30.0 Å². The number of benzene rings is 1.